The molecule has 0 aromatic rings. The average molecular weight is 228 g/mol. The predicted octanol–water partition coefficient (Wildman–Crippen LogP) is 2.07. The van der Waals surface area contributed by atoms with Crippen molar-refractivity contribution in [3.05, 3.63) is 0 Å². The standard InChI is InChI=1S/C12H24N2S/c1-10(2)13-6-4-12(8-13)5-7-14(9-12)11(3)15/h10-11,15H,4-9H2,1-3H3/t11-,12?/m1/s1. The maximum absolute atomic E-state index is 4.54. The molecule has 2 aliphatic rings. The van der Waals surface area contributed by atoms with Crippen LogP contribution in [0.1, 0.15) is 33.6 Å². The van der Waals surface area contributed by atoms with Crippen LogP contribution in [0.25, 0.3) is 0 Å². The van der Waals surface area contributed by atoms with Crippen LogP contribution in [0.4, 0.5) is 0 Å². The third kappa shape index (κ3) is 2.34. The van der Waals surface area contributed by atoms with Crippen LogP contribution < -0.4 is 0 Å². The van der Waals surface area contributed by atoms with Gasteiger partial charge in [0.2, 0.25) is 0 Å². The lowest BCUT2D eigenvalue weighted by molar-refractivity contribution is 0.215. The van der Waals surface area contributed by atoms with Crippen molar-refractivity contribution < 1.29 is 0 Å². The van der Waals surface area contributed by atoms with Gasteiger partial charge in [0.15, 0.2) is 0 Å². The molecule has 0 amide bonds. The maximum Gasteiger partial charge on any atom is 0.0499 e. The summed E-state index contributed by atoms with van der Waals surface area (Å²) in [4.78, 5) is 5.15. The van der Waals surface area contributed by atoms with Gasteiger partial charge in [0.05, 0.1) is 0 Å². The molecule has 2 atom stereocenters. The number of likely N-dealkylation sites (tertiary alicyclic amines) is 2. The van der Waals surface area contributed by atoms with E-state index in [1.54, 1.807) is 0 Å². The molecule has 0 aliphatic carbocycles. The molecule has 0 aromatic carbocycles. The first-order valence-electron chi connectivity index (χ1n) is 6.19. The van der Waals surface area contributed by atoms with Crippen molar-refractivity contribution in [3.63, 3.8) is 0 Å². The van der Waals surface area contributed by atoms with Gasteiger partial charge in [-0.25, -0.2) is 0 Å². The Bertz CT molecular complexity index is 204. The Hall–Kier alpha value is 0.270. The minimum Gasteiger partial charge on any atom is -0.300 e. The van der Waals surface area contributed by atoms with Crippen molar-refractivity contribution in [1.82, 2.24) is 9.80 Å². The van der Waals surface area contributed by atoms with E-state index in [-0.39, 0.29) is 0 Å². The Morgan fingerprint density at radius 3 is 1.93 bits per heavy atom. The van der Waals surface area contributed by atoms with Gasteiger partial charge >= 0.3 is 0 Å². The SMILES string of the molecule is CC(C)N1CCC2(CCN([C@@H](C)S)C2)C1. The summed E-state index contributed by atoms with van der Waals surface area (Å²) in [5.41, 5.74) is 0.598. The predicted molar refractivity (Wildman–Crippen MR) is 68.4 cm³/mol. The molecule has 2 aliphatic heterocycles. The highest BCUT2D eigenvalue weighted by molar-refractivity contribution is 7.80. The highest BCUT2D eigenvalue weighted by atomic mass is 32.1. The molecule has 2 fully saturated rings. The molecule has 1 spiro atoms. The molecule has 88 valence electrons. The summed E-state index contributed by atoms with van der Waals surface area (Å²) >= 11 is 4.54. The highest BCUT2D eigenvalue weighted by Crippen LogP contribution is 2.40. The van der Waals surface area contributed by atoms with Gasteiger partial charge in [-0.05, 0) is 52.1 Å². The lowest BCUT2D eigenvalue weighted by Gasteiger charge is -2.27. The maximum atomic E-state index is 4.54. The van der Waals surface area contributed by atoms with Crippen LogP contribution in [0, 0.1) is 5.41 Å². The molecule has 0 saturated carbocycles. The summed E-state index contributed by atoms with van der Waals surface area (Å²) in [6, 6.07) is 0.715. The Morgan fingerprint density at radius 2 is 1.53 bits per heavy atom. The Balaban J connectivity index is 1.95. The van der Waals surface area contributed by atoms with E-state index in [1.165, 1.54) is 39.0 Å². The van der Waals surface area contributed by atoms with Crippen molar-refractivity contribution in [3.8, 4) is 0 Å². The van der Waals surface area contributed by atoms with Crippen molar-refractivity contribution >= 4 is 12.6 Å². The summed E-state index contributed by atoms with van der Waals surface area (Å²) in [5.74, 6) is 0. The summed E-state index contributed by atoms with van der Waals surface area (Å²) in [5, 5.41) is 0.428. The van der Waals surface area contributed by atoms with Gasteiger partial charge in [0.25, 0.3) is 0 Å². The van der Waals surface area contributed by atoms with Crippen LogP contribution in [0.15, 0.2) is 0 Å². The smallest absolute Gasteiger partial charge is 0.0499 e. The number of thiol groups is 1. The molecular weight excluding hydrogens is 204 g/mol. The summed E-state index contributed by atoms with van der Waals surface area (Å²) in [7, 11) is 0. The molecule has 2 nitrogen and oxygen atoms in total. The first kappa shape index (κ1) is 11.7. The second-order valence-electron chi connectivity index (χ2n) is 5.67. The van der Waals surface area contributed by atoms with Crippen LogP contribution in [-0.2, 0) is 0 Å². The molecule has 1 unspecified atom stereocenters. The van der Waals surface area contributed by atoms with Gasteiger partial charge in [0.1, 0.15) is 0 Å². The van der Waals surface area contributed by atoms with Gasteiger partial charge in [-0.2, -0.15) is 12.6 Å². The Kier molecular flexibility index (Phi) is 3.34. The van der Waals surface area contributed by atoms with E-state index in [0.717, 1.165) is 0 Å². The van der Waals surface area contributed by atoms with Crippen LogP contribution in [0.5, 0.6) is 0 Å². The third-order valence-electron chi connectivity index (χ3n) is 4.19. The van der Waals surface area contributed by atoms with E-state index < -0.39 is 0 Å². The van der Waals surface area contributed by atoms with Gasteiger partial charge in [0, 0.05) is 24.5 Å². The monoisotopic (exact) mass is 228 g/mol. The first-order valence-corrected chi connectivity index (χ1v) is 6.70. The fraction of sp³-hybridized carbons (Fsp3) is 1.00. The molecule has 0 N–H and O–H groups in total. The summed E-state index contributed by atoms with van der Waals surface area (Å²) < 4.78 is 0. The van der Waals surface area contributed by atoms with Crippen LogP contribution in [0.2, 0.25) is 0 Å². The minimum absolute atomic E-state index is 0.428. The van der Waals surface area contributed by atoms with Crippen LogP contribution >= 0.6 is 12.6 Å². The molecule has 0 aromatic heterocycles. The van der Waals surface area contributed by atoms with E-state index in [4.69, 9.17) is 0 Å². The molecule has 2 heterocycles. The van der Waals surface area contributed by atoms with Crippen molar-refractivity contribution in [2.45, 2.75) is 45.0 Å². The van der Waals surface area contributed by atoms with Crippen LogP contribution in [-0.4, -0.2) is 47.4 Å². The van der Waals surface area contributed by atoms with E-state index in [1.807, 2.05) is 0 Å². The Labute approximate surface area is 99.4 Å². The lowest BCUT2D eigenvalue weighted by Crippen LogP contribution is -2.35. The molecule has 2 saturated heterocycles. The van der Waals surface area contributed by atoms with Crippen molar-refractivity contribution in [2.75, 3.05) is 26.2 Å². The van der Waals surface area contributed by atoms with E-state index in [0.29, 0.717) is 16.8 Å². The lowest BCUT2D eigenvalue weighted by atomic mass is 9.86. The molecule has 2 rings (SSSR count). The van der Waals surface area contributed by atoms with Gasteiger partial charge < -0.3 is 4.90 Å². The first-order chi connectivity index (χ1) is 7.02. The van der Waals surface area contributed by atoms with E-state index in [9.17, 15) is 0 Å². The van der Waals surface area contributed by atoms with Gasteiger partial charge in [-0.15, -0.1) is 0 Å². The largest absolute Gasteiger partial charge is 0.300 e. The van der Waals surface area contributed by atoms with Crippen molar-refractivity contribution in [1.29, 1.82) is 0 Å². The van der Waals surface area contributed by atoms with E-state index >= 15 is 0 Å². The zero-order valence-corrected chi connectivity index (χ0v) is 11.1. The van der Waals surface area contributed by atoms with Gasteiger partial charge in [-0.1, -0.05) is 0 Å². The number of hydrogen-bond acceptors (Lipinski definition) is 3. The number of hydrogen-bond donors (Lipinski definition) is 1. The van der Waals surface area contributed by atoms with Crippen molar-refractivity contribution in [2.24, 2.45) is 5.41 Å². The molecular formula is C12H24N2S. The second-order valence-corrected chi connectivity index (χ2v) is 6.41. The zero-order chi connectivity index (χ0) is 11.1. The molecule has 3 heteroatoms. The van der Waals surface area contributed by atoms with E-state index in [2.05, 4.69) is 43.2 Å². The Morgan fingerprint density at radius 1 is 1.00 bits per heavy atom. The number of rotatable bonds is 2. The normalized spacial score (nSPS) is 35.8. The van der Waals surface area contributed by atoms with Crippen LogP contribution in [0.3, 0.4) is 0 Å². The fourth-order valence-electron chi connectivity index (χ4n) is 3.03. The number of nitrogens with zero attached hydrogens (tertiary/aromatic N) is 2. The second kappa shape index (κ2) is 4.27. The average Bonchev–Trinajstić information content (AvgIpc) is 2.74. The summed E-state index contributed by atoms with van der Waals surface area (Å²) in [6.45, 7) is 11.9. The molecule has 0 radical (unpaired) electrons. The van der Waals surface area contributed by atoms with Gasteiger partial charge in [-0.3, -0.25) is 4.90 Å². The summed E-state index contributed by atoms with van der Waals surface area (Å²) in [6.07, 6.45) is 2.77. The fourth-order valence-corrected chi connectivity index (χ4v) is 3.23. The molecule has 15 heavy (non-hydrogen) atoms. The zero-order valence-electron chi connectivity index (χ0n) is 10.2. The topological polar surface area (TPSA) is 6.48 Å². The minimum atomic E-state index is 0.428. The third-order valence-corrected chi connectivity index (χ3v) is 4.52. The highest BCUT2D eigenvalue weighted by Gasteiger charge is 2.44. The quantitative estimate of drug-likeness (QED) is 0.723. The molecule has 0 bridgehead atoms.